The fraction of sp³-hybridized carbons (Fsp3) is 0.400. The molecule has 1 fully saturated rings. The van der Waals surface area contributed by atoms with Crippen molar-refractivity contribution in [2.75, 3.05) is 18.2 Å². The lowest BCUT2D eigenvalue weighted by atomic mass is 9.78. The molecule has 3 aromatic rings. The summed E-state index contributed by atoms with van der Waals surface area (Å²) in [6, 6.07) is 14.5. The molecule has 2 aromatic heterocycles. The molecule has 0 saturated heterocycles. The summed E-state index contributed by atoms with van der Waals surface area (Å²) in [7, 11) is 1.63. The summed E-state index contributed by atoms with van der Waals surface area (Å²) >= 11 is 1.52. The molecule has 0 unspecified atom stereocenters. The summed E-state index contributed by atoms with van der Waals surface area (Å²) in [6.07, 6.45) is 8.44. The molecule has 41 heavy (non-hydrogen) atoms. The van der Waals surface area contributed by atoms with Gasteiger partial charge in [-0.3, -0.25) is 9.59 Å². The maximum Gasteiger partial charge on any atom is 0.256 e. The van der Waals surface area contributed by atoms with E-state index in [0.29, 0.717) is 36.5 Å². The van der Waals surface area contributed by atoms with Crippen molar-refractivity contribution in [3.63, 3.8) is 0 Å². The summed E-state index contributed by atoms with van der Waals surface area (Å²) in [6.45, 7) is 0.653. The zero-order chi connectivity index (χ0) is 28.7. The zero-order valence-corrected chi connectivity index (χ0v) is 23.8. The van der Waals surface area contributed by atoms with Crippen molar-refractivity contribution in [1.82, 2.24) is 20.8 Å². The third kappa shape index (κ3) is 7.75. The summed E-state index contributed by atoms with van der Waals surface area (Å²) < 4.78 is 5.30. The molecule has 0 spiro atoms. The van der Waals surface area contributed by atoms with Crippen molar-refractivity contribution in [1.29, 1.82) is 0 Å². The van der Waals surface area contributed by atoms with Crippen LogP contribution in [0.3, 0.4) is 0 Å². The van der Waals surface area contributed by atoms with Crippen molar-refractivity contribution in [2.45, 2.75) is 68.0 Å². The Kier molecular flexibility index (Phi) is 9.38. The van der Waals surface area contributed by atoms with E-state index >= 15 is 0 Å². The van der Waals surface area contributed by atoms with Crippen molar-refractivity contribution in [2.24, 2.45) is 0 Å². The number of carbonyl (C=O) groups excluding carboxylic acids is 2. The van der Waals surface area contributed by atoms with Crippen LogP contribution in [0.1, 0.15) is 49.8 Å². The molecule has 1 saturated carbocycles. The van der Waals surface area contributed by atoms with Gasteiger partial charge < -0.3 is 25.3 Å². The number of thioether (sulfide) groups is 1. The molecule has 6 rings (SSSR count). The first-order valence-corrected chi connectivity index (χ1v) is 14.8. The number of hydrogen-bond acceptors (Lipinski definition) is 9. The lowest BCUT2D eigenvalue weighted by Gasteiger charge is -2.36. The minimum atomic E-state index is -0.648. The lowest BCUT2D eigenvalue weighted by molar-refractivity contribution is -0.130. The second-order valence-electron chi connectivity index (χ2n) is 10.4. The van der Waals surface area contributed by atoms with Gasteiger partial charge in [-0.2, -0.15) is 5.48 Å². The van der Waals surface area contributed by atoms with Crippen molar-refractivity contribution < 1.29 is 24.3 Å². The Bertz CT molecular complexity index is 1420. The minimum absolute atomic E-state index is 0.0000872. The number of aryl methyl sites for hydroxylation is 1. The topological polar surface area (TPSA) is 135 Å². The van der Waals surface area contributed by atoms with E-state index in [-0.39, 0.29) is 11.8 Å². The van der Waals surface area contributed by atoms with E-state index in [2.05, 4.69) is 49.1 Å². The fourth-order valence-electron chi connectivity index (χ4n) is 5.18. The van der Waals surface area contributed by atoms with Crippen LogP contribution in [0, 0.1) is 0 Å². The molecule has 216 valence electrons. The number of aromatic nitrogens is 2. The molecule has 0 radical (unpaired) electrons. The largest absolute Gasteiger partial charge is 0.481 e. The van der Waals surface area contributed by atoms with Gasteiger partial charge in [0.2, 0.25) is 11.8 Å². The maximum absolute atomic E-state index is 11.6. The molecule has 2 aliphatic heterocycles. The van der Waals surface area contributed by atoms with Crippen LogP contribution in [0.25, 0.3) is 10.9 Å². The third-order valence-electron chi connectivity index (χ3n) is 7.51. The Balaban J connectivity index is 0.000000423. The molecule has 4 N–H and O–H groups in total. The summed E-state index contributed by atoms with van der Waals surface area (Å²) in [5.41, 5.74) is 4.52. The zero-order valence-electron chi connectivity index (χ0n) is 23.0. The number of nitrogens with one attached hydrogen (secondary N) is 3. The van der Waals surface area contributed by atoms with Crippen LogP contribution in [0.4, 0.5) is 5.82 Å². The van der Waals surface area contributed by atoms with E-state index in [9.17, 15) is 14.7 Å². The second kappa shape index (κ2) is 13.3. The first-order valence-electron chi connectivity index (χ1n) is 13.8. The molecular weight excluding hydrogens is 542 g/mol. The summed E-state index contributed by atoms with van der Waals surface area (Å²) in [5, 5.41) is 18.8. The van der Waals surface area contributed by atoms with Crippen LogP contribution >= 0.6 is 11.8 Å². The van der Waals surface area contributed by atoms with Gasteiger partial charge in [-0.1, -0.05) is 18.2 Å². The first-order chi connectivity index (χ1) is 19.9. The van der Waals surface area contributed by atoms with Gasteiger partial charge >= 0.3 is 0 Å². The van der Waals surface area contributed by atoms with Gasteiger partial charge in [-0.05, 0) is 68.4 Å². The Hall–Kier alpha value is -3.67. The monoisotopic (exact) mass is 577 g/mol. The predicted octanol–water partition coefficient (Wildman–Crippen LogP) is 4.03. The number of fused-ring (bicyclic) bond motifs is 2. The molecule has 1 aromatic carbocycles. The lowest BCUT2D eigenvalue weighted by Crippen LogP contribution is -2.41. The summed E-state index contributed by atoms with van der Waals surface area (Å²) in [4.78, 5) is 36.4. The van der Waals surface area contributed by atoms with Crippen LogP contribution in [-0.2, 0) is 27.4 Å². The highest BCUT2D eigenvalue weighted by Gasteiger charge is 2.33. The highest BCUT2D eigenvalue weighted by Crippen LogP contribution is 2.34. The van der Waals surface area contributed by atoms with E-state index in [1.54, 1.807) is 13.2 Å². The smallest absolute Gasteiger partial charge is 0.256 e. The van der Waals surface area contributed by atoms with Crippen LogP contribution in [0.5, 0.6) is 5.88 Å². The highest BCUT2D eigenvalue weighted by molar-refractivity contribution is 8.00. The first kappa shape index (κ1) is 28.8. The molecule has 1 aliphatic carbocycles. The molecule has 10 nitrogen and oxygen atoms in total. The third-order valence-corrected chi connectivity index (χ3v) is 8.55. The Morgan fingerprint density at radius 2 is 1.98 bits per heavy atom. The molecule has 4 heterocycles. The molecule has 2 amide bonds. The Morgan fingerprint density at radius 1 is 1.12 bits per heavy atom. The number of pyridine rings is 2. The standard InChI is InChI=1S/C26H30N4O3S.C4H5NO2/c1-33-23-8-5-17-3-2-4-18(24(17)30-23)9-12-26(32)13-10-19(11-14-26)27-15-20-6-7-21-25(28-20)29-22(31)16-34-21;6-4-2-1-3-7-5-4/h2-8,19,27,32H,9-16H2,1H3,(H,28,29,31);1,3H,2H2,(H,5,6). The number of amides is 2. The number of ether oxygens (including phenoxy) is 1. The van der Waals surface area contributed by atoms with Crippen molar-refractivity contribution >= 4 is 40.3 Å². The number of rotatable bonds is 7. The number of carbonyl (C=O) groups is 2. The fourth-order valence-corrected chi connectivity index (χ4v) is 5.94. The number of nitrogens with zero attached hydrogens (tertiary/aromatic N) is 2. The van der Waals surface area contributed by atoms with Gasteiger partial charge in [0.25, 0.3) is 5.91 Å². The molecule has 3 aliphatic rings. The van der Waals surface area contributed by atoms with E-state index in [0.717, 1.165) is 65.6 Å². The van der Waals surface area contributed by atoms with Gasteiger partial charge in [-0.25, -0.2) is 9.97 Å². The molecule has 0 atom stereocenters. The molecule has 11 heteroatoms. The molecular formula is C30H35N5O5S. The number of para-hydroxylation sites is 1. The predicted molar refractivity (Wildman–Crippen MR) is 157 cm³/mol. The second-order valence-corrected chi connectivity index (χ2v) is 11.4. The molecule has 0 bridgehead atoms. The summed E-state index contributed by atoms with van der Waals surface area (Å²) in [5.74, 6) is 1.63. The van der Waals surface area contributed by atoms with Crippen LogP contribution in [-0.4, -0.2) is 51.4 Å². The average molecular weight is 578 g/mol. The van der Waals surface area contributed by atoms with E-state index in [1.165, 1.54) is 18.0 Å². The van der Waals surface area contributed by atoms with E-state index in [4.69, 9.17) is 4.74 Å². The quantitative estimate of drug-likeness (QED) is 0.328. The number of methoxy groups -OCH3 is 1. The van der Waals surface area contributed by atoms with Gasteiger partial charge in [0, 0.05) is 24.0 Å². The SMILES string of the molecule is COc1ccc2cccc(CCC3(O)CCC(NCc4ccc5c(n4)NC(=O)CS5)CC3)c2n1.O=C1CC=CON1. The maximum atomic E-state index is 11.6. The van der Waals surface area contributed by atoms with Crippen molar-refractivity contribution in [3.8, 4) is 5.88 Å². The Labute approximate surface area is 243 Å². The number of hydrogen-bond donors (Lipinski definition) is 4. The van der Waals surface area contributed by atoms with Crippen LogP contribution < -0.4 is 20.9 Å². The number of anilines is 1. The highest BCUT2D eigenvalue weighted by atomic mass is 32.2. The van der Waals surface area contributed by atoms with Gasteiger partial charge in [0.05, 0.1) is 41.0 Å². The van der Waals surface area contributed by atoms with Crippen LogP contribution in [0.2, 0.25) is 0 Å². The van der Waals surface area contributed by atoms with Gasteiger partial charge in [0.1, 0.15) is 12.1 Å². The number of benzene rings is 1. The van der Waals surface area contributed by atoms with E-state index in [1.807, 2.05) is 24.3 Å². The van der Waals surface area contributed by atoms with Gasteiger partial charge in [-0.15, -0.1) is 11.8 Å². The minimum Gasteiger partial charge on any atom is -0.481 e. The van der Waals surface area contributed by atoms with Gasteiger partial charge in [0.15, 0.2) is 0 Å². The normalized spacial score (nSPS) is 21.6. The Morgan fingerprint density at radius 3 is 2.71 bits per heavy atom. The van der Waals surface area contributed by atoms with E-state index < -0.39 is 5.60 Å². The number of aliphatic hydroxyl groups is 1. The van der Waals surface area contributed by atoms with Crippen molar-refractivity contribution in [3.05, 3.63) is 66.1 Å². The average Bonchev–Trinajstić information content (AvgIpc) is 3.00. The van der Waals surface area contributed by atoms with Crippen LogP contribution in [0.15, 0.2) is 59.7 Å². The number of hydroxylamine groups is 1.